The van der Waals surface area contributed by atoms with Gasteiger partial charge in [0.05, 0.1) is 6.42 Å². The summed E-state index contributed by atoms with van der Waals surface area (Å²) in [5, 5.41) is 2.33. The molecule has 0 aliphatic rings. The lowest BCUT2D eigenvalue weighted by molar-refractivity contribution is -0.141. The zero-order valence-electron chi connectivity index (χ0n) is 21.8. The molecule has 0 aromatic heterocycles. The smallest absolute Gasteiger partial charge is 0.310 e. The van der Waals surface area contributed by atoms with Crippen molar-refractivity contribution in [2.75, 3.05) is 6.61 Å². The second kappa shape index (κ2) is 15.1. The Morgan fingerprint density at radius 1 is 0.706 bits per heavy atom. The van der Waals surface area contributed by atoms with Crippen LogP contribution in [-0.4, -0.2) is 12.6 Å². The third-order valence-electron chi connectivity index (χ3n) is 5.99. The topological polar surface area (TPSA) is 26.3 Å². The minimum Gasteiger partial charge on any atom is -0.461 e. The van der Waals surface area contributed by atoms with E-state index in [1.165, 1.54) is 27.7 Å². The lowest BCUT2D eigenvalue weighted by atomic mass is 10.0. The largest absolute Gasteiger partial charge is 0.461 e. The van der Waals surface area contributed by atoms with E-state index in [0.29, 0.717) is 13.0 Å². The van der Waals surface area contributed by atoms with Crippen molar-refractivity contribution >= 4 is 16.7 Å². The van der Waals surface area contributed by atoms with Crippen molar-refractivity contribution < 1.29 is 9.53 Å². The summed E-state index contributed by atoms with van der Waals surface area (Å²) >= 11 is 0. The fraction of sp³-hybridized carbons (Fsp3) is 0.406. The quantitative estimate of drug-likeness (QED) is 0.221. The first-order valence-corrected chi connectivity index (χ1v) is 12.6. The highest BCUT2D eigenvalue weighted by Gasteiger charge is 2.05. The number of allylic oxidation sites excluding steroid dienone is 7. The SMILES string of the molecule is CC(C)=CCC/C(C)=C/CC/C(C)=C/CC/C(C)=C/COC(=O)Cc1ccc2ccccc2c1. The first kappa shape index (κ1) is 27.4. The molecule has 0 N–H and O–H groups in total. The molecule has 0 radical (unpaired) electrons. The predicted molar refractivity (Wildman–Crippen MR) is 147 cm³/mol. The molecule has 0 fully saturated rings. The Hall–Kier alpha value is -2.87. The number of hydrogen-bond donors (Lipinski definition) is 0. The van der Waals surface area contributed by atoms with E-state index in [-0.39, 0.29) is 5.97 Å². The monoisotopic (exact) mass is 458 g/mol. The fourth-order valence-corrected chi connectivity index (χ4v) is 3.83. The Kier molecular flexibility index (Phi) is 12.2. The molecule has 182 valence electrons. The van der Waals surface area contributed by atoms with E-state index in [2.05, 4.69) is 77.1 Å². The zero-order chi connectivity index (χ0) is 24.8. The summed E-state index contributed by atoms with van der Waals surface area (Å²) < 4.78 is 5.43. The van der Waals surface area contributed by atoms with Gasteiger partial charge in [-0.05, 0) is 95.6 Å². The molecule has 0 aliphatic carbocycles. The van der Waals surface area contributed by atoms with Crippen molar-refractivity contribution in [3.8, 4) is 0 Å². The van der Waals surface area contributed by atoms with Crippen LogP contribution in [0.4, 0.5) is 0 Å². The minimum atomic E-state index is -0.181. The first-order chi connectivity index (χ1) is 16.3. The molecule has 0 saturated carbocycles. The molecule has 0 amide bonds. The highest BCUT2D eigenvalue weighted by molar-refractivity contribution is 5.84. The molecule has 34 heavy (non-hydrogen) atoms. The zero-order valence-corrected chi connectivity index (χ0v) is 21.8. The number of ether oxygens (including phenoxy) is 1. The Balaban J connectivity index is 1.65. The molecule has 0 spiro atoms. The van der Waals surface area contributed by atoms with Crippen LogP contribution in [0, 0.1) is 0 Å². The molecule has 0 bridgehead atoms. The van der Waals surface area contributed by atoms with Crippen LogP contribution < -0.4 is 0 Å². The van der Waals surface area contributed by atoms with Crippen LogP contribution >= 0.6 is 0 Å². The molecular weight excluding hydrogens is 416 g/mol. The lowest BCUT2D eigenvalue weighted by Gasteiger charge is -2.05. The summed E-state index contributed by atoms with van der Waals surface area (Å²) in [5.74, 6) is -0.181. The van der Waals surface area contributed by atoms with Gasteiger partial charge in [-0.15, -0.1) is 0 Å². The van der Waals surface area contributed by atoms with Crippen LogP contribution in [0.5, 0.6) is 0 Å². The van der Waals surface area contributed by atoms with Crippen molar-refractivity contribution in [1.82, 2.24) is 0 Å². The molecule has 2 aromatic carbocycles. The molecule has 2 nitrogen and oxygen atoms in total. The molecule has 0 saturated heterocycles. The third-order valence-corrected chi connectivity index (χ3v) is 5.99. The van der Waals surface area contributed by atoms with E-state index >= 15 is 0 Å². The van der Waals surface area contributed by atoms with Crippen LogP contribution in [0.1, 0.15) is 78.7 Å². The Labute approximate surface area is 207 Å². The van der Waals surface area contributed by atoms with Gasteiger partial charge >= 0.3 is 5.97 Å². The number of rotatable bonds is 13. The Bertz CT molecular complexity index is 1050. The second-order valence-corrected chi connectivity index (χ2v) is 9.59. The summed E-state index contributed by atoms with van der Waals surface area (Å²) in [6, 6.07) is 14.3. The summed E-state index contributed by atoms with van der Waals surface area (Å²) in [7, 11) is 0. The van der Waals surface area contributed by atoms with Crippen LogP contribution in [0.15, 0.2) is 89.1 Å². The lowest BCUT2D eigenvalue weighted by Crippen LogP contribution is -2.08. The highest BCUT2D eigenvalue weighted by atomic mass is 16.5. The summed E-state index contributed by atoms with van der Waals surface area (Å²) in [5.41, 5.74) is 6.58. The molecule has 0 aliphatic heterocycles. The van der Waals surface area contributed by atoms with Gasteiger partial charge in [-0.2, -0.15) is 0 Å². The molecule has 2 heteroatoms. The average Bonchev–Trinajstić information content (AvgIpc) is 2.78. The van der Waals surface area contributed by atoms with Gasteiger partial charge in [0.1, 0.15) is 6.61 Å². The first-order valence-electron chi connectivity index (χ1n) is 12.6. The standard InChI is InChI=1S/C32H42O2/c1-25(2)11-8-12-26(3)13-9-14-27(4)15-10-16-28(5)21-22-34-32(33)24-29-19-20-30-17-6-7-18-31(30)23-29/h6-7,11,13,15,17-21,23H,8-10,12,14,16,22,24H2,1-5H3/b26-13+,27-15+,28-21+. The predicted octanol–water partition coefficient (Wildman–Crippen LogP) is 9.07. The van der Waals surface area contributed by atoms with Gasteiger partial charge in [0.2, 0.25) is 0 Å². The maximum absolute atomic E-state index is 12.2. The van der Waals surface area contributed by atoms with Crippen LogP contribution in [0.25, 0.3) is 10.8 Å². The number of hydrogen-bond acceptors (Lipinski definition) is 2. The average molecular weight is 459 g/mol. The maximum atomic E-state index is 12.2. The number of esters is 1. The summed E-state index contributed by atoms with van der Waals surface area (Å²) in [4.78, 5) is 12.2. The number of fused-ring (bicyclic) bond motifs is 1. The maximum Gasteiger partial charge on any atom is 0.310 e. The third kappa shape index (κ3) is 11.3. The molecule has 0 unspecified atom stereocenters. The molecule has 2 aromatic rings. The van der Waals surface area contributed by atoms with Gasteiger partial charge in [0, 0.05) is 0 Å². The van der Waals surface area contributed by atoms with Crippen molar-refractivity contribution in [2.24, 2.45) is 0 Å². The van der Waals surface area contributed by atoms with Gasteiger partial charge in [0.25, 0.3) is 0 Å². The van der Waals surface area contributed by atoms with Crippen LogP contribution in [0.2, 0.25) is 0 Å². The minimum absolute atomic E-state index is 0.181. The number of carbonyl (C=O) groups is 1. The Morgan fingerprint density at radius 2 is 1.26 bits per heavy atom. The van der Waals surface area contributed by atoms with Gasteiger partial charge in [-0.25, -0.2) is 0 Å². The molecular formula is C32H42O2. The van der Waals surface area contributed by atoms with Gasteiger partial charge in [0.15, 0.2) is 0 Å². The van der Waals surface area contributed by atoms with Crippen LogP contribution in [0.3, 0.4) is 0 Å². The molecule has 0 atom stereocenters. The van der Waals surface area contributed by atoms with E-state index in [0.717, 1.165) is 49.5 Å². The van der Waals surface area contributed by atoms with Crippen molar-refractivity contribution in [3.63, 3.8) is 0 Å². The van der Waals surface area contributed by atoms with Gasteiger partial charge in [-0.1, -0.05) is 83.0 Å². The highest BCUT2D eigenvalue weighted by Crippen LogP contribution is 2.17. The van der Waals surface area contributed by atoms with Crippen molar-refractivity contribution in [1.29, 1.82) is 0 Å². The molecule has 0 heterocycles. The van der Waals surface area contributed by atoms with Crippen molar-refractivity contribution in [3.05, 3.63) is 94.6 Å². The van der Waals surface area contributed by atoms with Crippen molar-refractivity contribution in [2.45, 2.75) is 79.6 Å². The number of benzene rings is 2. The van der Waals surface area contributed by atoms with E-state index < -0.39 is 0 Å². The van der Waals surface area contributed by atoms with Crippen LogP contribution in [-0.2, 0) is 16.0 Å². The molecule has 2 rings (SSSR count). The van der Waals surface area contributed by atoms with E-state index in [1.54, 1.807) is 0 Å². The second-order valence-electron chi connectivity index (χ2n) is 9.59. The summed E-state index contributed by atoms with van der Waals surface area (Å²) in [6.07, 6.45) is 15.9. The van der Waals surface area contributed by atoms with Gasteiger partial charge < -0.3 is 4.74 Å². The number of carbonyl (C=O) groups excluding carboxylic acids is 1. The summed E-state index contributed by atoms with van der Waals surface area (Å²) in [6.45, 7) is 11.2. The Morgan fingerprint density at radius 3 is 1.88 bits per heavy atom. The van der Waals surface area contributed by atoms with E-state index in [1.807, 2.05) is 24.3 Å². The fourth-order valence-electron chi connectivity index (χ4n) is 3.83. The van der Waals surface area contributed by atoms with E-state index in [4.69, 9.17) is 4.74 Å². The van der Waals surface area contributed by atoms with Gasteiger partial charge in [-0.3, -0.25) is 4.79 Å². The normalized spacial score (nSPS) is 12.7. The van der Waals surface area contributed by atoms with E-state index in [9.17, 15) is 4.79 Å².